The van der Waals surface area contributed by atoms with Gasteiger partial charge in [-0.25, -0.2) is 0 Å². The van der Waals surface area contributed by atoms with Crippen LogP contribution in [-0.4, -0.2) is 61.7 Å². The molecule has 3 heteroatoms. The summed E-state index contributed by atoms with van der Waals surface area (Å²) in [6.45, 7) is 8.94. The highest BCUT2D eigenvalue weighted by Gasteiger charge is 2.35. The van der Waals surface area contributed by atoms with E-state index in [0.29, 0.717) is 0 Å². The highest BCUT2D eigenvalue weighted by molar-refractivity contribution is 4.91. The van der Waals surface area contributed by atoms with Crippen molar-refractivity contribution >= 4 is 0 Å². The van der Waals surface area contributed by atoms with Crippen LogP contribution in [0.1, 0.15) is 32.6 Å². The van der Waals surface area contributed by atoms with E-state index in [1.165, 1.54) is 58.4 Å². The van der Waals surface area contributed by atoms with E-state index in [4.69, 9.17) is 0 Å². The third kappa shape index (κ3) is 2.59. The average molecular weight is 251 g/mol. The fraction of sp³-hybridized carbons (Fsp3) is 1.00. The highest BCUT2D eigenvalue weighted by Crippen LogP contribution is 2.30. The van der Waals surface area contributed by atoms with E-state index >= 15 is 0 Å². The standard InChI is InChI=1S/C15H29N3/c1-12-13(5-7-16-12)10-18-9-6-15-14(11-18)4-3-8-17(15)2/h12-16H,3-11H2,1-2H3. The molecule has 3 aliphatic heterocycles. The summed E-state index contributed by atoms with van der Waals surface area (Å²) < 4.78 is 0. The van der Waals surface area contributed by atoms with E-state index in [0.717, 1.165) is 23.9 Å². The van der Waals surface area contributed by atoms with Gasteiger partial charge in [0.15, 0.2) is 0 Å². The van der Waals surface area contributed by atoms with Crippen LogP contribution in [-0.2, 0) is 0 Å². The molecule has 4 atom stereocenters. The van der Waals surface area contributed by atoms with Crippen LogP contribution in [0.4, 0.5) is 0 Å². The third-order valence-corrected chi connectivity index (χ3v) is 5.61. The Balaban J connectivity index is 1.54. The van der Waals surface area contributed by atoms with Crippen LogP contribution in [0, 0.1) is 11.8 Å². The van der Waals surface area contributed by atoms with Gasteiger partial charge in [0.25, 0.3) is 0 Å². The van der Waals surface area contributed by atoms with E-state index in [9.17, 15) is 0 Å². The van der Waals surface area contributed by atoms with Gasteiger partial charge in [-0.05, 0) is 71.1 Å². The van der Waals surface area contributed by atoms with Crippen molar-refractivity contribution in [1.82, 2.24) is 15.1 Å². The number of piperidine rings is 2. The molecule has 4 unspecified atom stereocenters. The molecule has 3 rings (SSSR count). The van der Waals surface area contributed by atoms with Crippen molar-refractivity contribution in [2.75, 3.05) is 39.8 Å². The molecule has 0 bridgehead atoms. The van der Waals surface area contributed by atoms with E-state index in [1.807, 2.05) is 0 Å². The van der Waals surface area contributed by atoms with Crippen molar-refractivity contribution in [3.05, 3.63) is 0 Å². The number of nitrogens with zero attached hydrogens (tertiary/aromatic N) is 2. The zero-order chi connectivity index (χ0) is 12.5. The molecule has 3 nitrogen and oxygen atoms in total. The van der Waals surface area contributed by atoms with Gasteiger partial charge in [0, 0.05) is 25.2 Å². The monoisotopic (exact) mass is 251 g/mol. The maximum absolute atomic E-state index is 3.59. The fourth-order valence-corrected chi connectivity index (χ4v) is 4.39. The number of hydrogen-bond acceptors (Lipinski definition) is 3. The number of rotatable bonds is 2. The largest absolute Gasteiger partial charge is 0.314 e. The fourth-order valence-electron chi connectivity index (χ4n) is 4.39. The summed E-state index contributed by atoms with van der Waals surface area (Å²) in [5, 5.41) is 3.59. The minimum Gasteiger partial charge on any atom is -0.314 e. The molecule has 3 aliphatic rings. The smallest absolute Gasteiger partial charge is 0.0145 e. The summed E-state index contributed by atoms with van der Waals surface area (Å²) in [6, 6.07) is 1.62. The minimum absolute atomic E-state index is 0.733. The van der Waals surface area contributed by atoms with Gasteiger partial charge in [-0.1, -0.05) is 0 Å². The Kier molecular flexibility index (Phi) is 3.92. The Morgan fingerprint density at radius 1 is 1.17 bits per heavy atom. The van der Waals surface area contributed by atoms with Crippen molar-refractivity contribution in [3.63, 3.8) is 0 Å². The first kappa shape index (κ1) is 12.9. The van der Waals surface area contributed by atoms with Crippen LogP contribution >= 0.6 is 0 Å². The van der Waals surface area contributed by atoms with Crippen molar-refractivity contribution in [2.45, 2.75) is 44.7 Å². The Hall–Kier alpha value is -0.120. The lowest BCUT2D eigenvalue weighted by Gasteiger charge is -2.46. The predicted octanol–water partition coefficient (Wildman–Crippen LogP) is 1.40. The highest BCUT2D eigenvalue weighted by atomic mass is 15.2. The first-order valence-corrected chi connectivity index (χ1v) is 7.90. The Morgan fingerprint density at radius 3 is 2.83 bits per heavy atom. The molecule has 0 aliphatic carbocycles. The molecule has 0 spiro atoms. The van der Waals surface area contributed by atoms with Gasteiger partial charge in [0.1, 0.15) is 0 Å². The molecule has 104 valence electrons. The van der Waals surface area contributed by atoms with Crippen LogP contribution in [0.5, 0.6) is 0 Å². The molecule has 1 N–H and O–H groups in total. The number of hydrogen-bond donors (Lipinski definition) is 1. The minimum atomic E-state index is 0.733. The Bertz CT molecular complexity index is 281. The molecule has 18 heavy (non-hydrogen) atoms. The van der Waals surface area contributed by atoms with Crippen molar-refractivity contribution < 1.29 is 0 Å². The Labute approximate surface area is 112 Å². The lowest BCUT2D eigenvalue weighted by Crippen LogP contribution is -2.53. The van der Waals surface area contributed by atoms with Gasteiger partial charge in [0.05, 0.1) is 0 Å². The SMILES string of the molecule is CC1NCCC1CN1CCC2C(CCCN2C)C1. The topological polar surface area (TPSA) is 18.5 Å². The summed E-state index contributed by atoms with van der Waals surface area (Å²) in [6.07, 6.45) is 5.65. The quantitative estimate of drug-likeness (QED) is 0.800. The maximum atomic E-state index is 3.59. The number of fused-ring (bicyclic) bond motifs is 1. The van der Waals surface area contributed by atoms with Crippen LogP contribution in [0.15, 0.2) is 0 Å². The lowest BCUT2D eigenvalue weighted by molar-refractivity contribution is 0.0319. The molecular weight excluding hydrogens is 222 g/mol. The predicted molar refractivity (Wildman–Crippen MR) is 75.8 cm³/mol. The second-order valence-electron chi connectivity index (χ2n) is 6.79. The van der Waals surface area contributed by atoms with E-state index in [-0.39, 0.29) is 0 Å². The summed E-state index contributed by atoms with van der Waals surface area (Å²) >= 11 is 0. The van der Waals surface area contributed by atoms with Crippen LogP contribution in [0.25, 0.3) is 0 Å². The van der Waals surface area contributed by atoms with Gasteiger partial charge in [-0.2, -0.15) is 0 Å². The maximum Gasteiger partial charge on any atom is 0.0145 e. The van der Waals surface area contributed by atoms with Gasteiger partial charge in [-0.15, -0.1) is 0 Å². The second kappa shape index (κ2) is 5.48. The summed E-state index contributed by atoms with van der Waals surface area (Å²) in [7, 11) is 2.33. The van der Waals surface area contributed by atoms with Gasteiger partial charge >= 0.3 is 0 Å². The van der Waals surface area contributed by atoms with E-state index in [2.05, 4.69) is 29.1 Å². The Morgan fingerprint density at radius 2 is 2.06 bits per heavy atom. The van der Waals surface area contributed by atoms with Gasteiger partial charge in [-0.3, -0.25) is 0 Å². The molecule has 3 saturated heterocycles. The van der Waals surface area contributed by atoms with E-state index < -0.39 is 0 Å². The first-order chi connectivity index (χ1) is 8.74. The molecule has 3 heterocycles. The number of nitrogens with one attached hydrogen (secondary N) is 1. The zero-order valence-corrected chi connectivity index (χ0v) is 12.1. The second-order valence-corrected chi connectivity index (χ2v) is 6.79. The molecule has 0 saturated carbocycles. The average Bonchev–Trinajstić information content (AvgIpc) is 2.75. The van der Waals surface area contributed by atoms with Gasteiger partial charge in [0.2, 0.25) is 0 Å². The van der Waals surface area contributed by atoms with Crippen LogP contribution in [0.3, 0.4) is 0 Å². The van der Waals surface area contributed by atoms with Crippen LogP contribution < -0.4 is 5.32 Å². The molecule has 0 radical (unpaired) electrons. The molecule has 0 aromatic rings. The molecule has 0 aromatic carbocycles. The van der Waals surface area contributed by atoms with Crippen molar-refractivity contribution in [1.29, 1.82) is 0 Å². The summed E-state index contributed by atoms with van der Waals surface area (Å²) in [5.41, 5.74) is 0. The number of likely N-dealkylation sites (tertiary alicyclic amines) is 2. The normalized spacial score (nSPS) is 43.0. The lowest BCUT2D eigenvalue weighted by atomic mass is 9.83. The third-order valence-electron chi connectivity index (χ3n) is 5.61. The first-order valence-electron chi connectivity index (χ1n) is 7.90. The molecule has 0 aromatic heterocycles. The molecule has 3 fully saturated rings. The molecule has 0 amide bonds. The van der Waals surface area contributed by atoms with E-state index in [1.54, 1.807) is 0 Å². The summed E-state index contributed by atoms with van der Waals surface area (Å²) in [4.78, 5) is 5.37. The molecular formula is C15H29N3. The summed E-state index contributed by atoms with van der Waals surface area (Å²) in [5.74, 6) is 1.84. The van der Waals surface area contributed by atoms with Crippen molar-refractivity contribution in [2.24, 2.45) is 11.8 Å². The zero-order valence-electron chi connectivity index (χ0n) is 12.1. The van der Waals surface area contributed by atoms with Gasteiger partial charge < -0.3 is 15.1 Å². The van der Waals surface area contributed by atoms with Crippen molar-refractivity contribution in [3.8, 4) is 0 Å². The van der Waals surface area contributed by atoms with Crippen LogP contribution in [0.2, 0.25) is 0 Å².